The molecule has 0 aliphatic carbocycles. The van der Waals surface area contributed by atoms with Gasteiger partial charge in [0.2, 0.25) is 0 Å². The molecule has 0 bridgehead atoms. The second kappa shape index (κ2) is 144. The second-order valence-corrected chi connectivity index (χ2v) is 2.38. The van der Waals surface area contributed by atoms with E-state index in [1.165, 1.54) is 0 Å². The van der Waals surface area contributed by atoms with Gasteiger partial charge in [-0.25, -0.2) is 0 Å². The molecule has 0 fully saturated rings. The Bertz CT molecular complexity index is 226. The fraction of sp³-hybridized carbons (Fsp3) is 0.333. The summed E-state index contributed by atoms with van der Waals surface area (Å²) in [5.74, 6) is 2.35. The van der Waals surface area contributed by atoms with Gasteiger partial charge >= 0.3 is 67.8 Å². The van der Waals surface area contributed by atoms with Crippen molar-refractivity contribution in [3.05, 3.63) is 46.3 Å². The Kier molecular flexibility index (Phi) is 444. The van der Waals surface area contributed by atoms with Crippen molar-refractivity contribution in [3.63, 3.8) is 0 Å². The van der Waals surface area contributed by atoms with Gasteiger partial charge in [-0.1, -0.05) is 20.8 Å². The SMILES string of the molecule is [C-]#CC(C)(C)C.[C-]#[O+].[C-]#[O+].[C-]#[O+].[C-]#[O+].[C-]#[O+].[C-]#[O+].[Co].[Co]. The maximum Gasteiger partial charge on any atom is 0 e. The molecular weight excluding hydrogens is 358 g/mol. The van der Waals surface area contributed by atoms with E-state index < -0.39 is 0 Å². The summed E-state index contributed by atoms with van der Waals surface area (Å²) in [4.78, 5) is 0. The first-order valence-electron chi connectivity index (χ1n) is 3.22. The van der Waals surface area contributed by atoms with Crippen LogP contribution in [-0.2, 0) is 61.5 Å². The third kappa shape index (κ3) is 1080. The summed E-state index contributed by atoms with van der Waals surface area (Å²) in [7, 11) is 0. The molecule has 0 saturated heterocycles. The molecule has 20 heavy (non-hydrogen) atoms. The van der Waals surface area contributed by atoms with E-state index in [4.69, 9.17) is 34.3 Å². The monoisotopic (exact) mass is 367 g/mol. The van der Waals surface area contributed by atoms with Crippen LogP contribution in [0.25, 0.3) is 0 Å². The van der Waals surface area contributed by atoms with Crippen molar-refractivity contribution in [1.29, 1.82) is 0 Å². The van der Waals surface area contributed by atoms with Crippen LogP contribution in [0.1, 0.15) is 20.8 Å². The number of rotatable bonds is 0. The molecule has 0 heterocycles. The molecule has 112 valence electrons. The predicted octanol–water partition coefficient (Wildman–Crippen LogP) is 1.39. The van der Waals surface area contributed by atoms with Gasteiger partial charge in [0.1, 0.15) is 0 Å². The molecule has 0 aliphatic heterocycles. The fourth-order valence-corrected chi connectivity index (χ4v) is 0. The number of hydrogen-bond acceptors (Lipinski definition) is 0. The quantitative estimate of drug-likeness (QED) is 0.349. The Morgan fingerprint density at radius 2 is 0.600 bits per heavy atom. The van der Waals surface area contributed by atoms with E-state index in [1.807, 2.05) is 20.8 Å². The zero-order valence-electron chi connectivity index (χ0n) is 10.6. The van der Waals surface area contributed by atoms with Crippen LogP contribution < -0.4 is 0 Å². The summed E-state index contributed by atoms with van der Waals surface area (Å²) < 4.78 is 45.0. The molecular formula is C12H9Co2O6-. The summed E-state index contributed by atoms with van der Waals surface area (Å²) in [6.45, 7) is 32.8. The van der Waals surface area contributed by atoms with Gasteiger partial charge in [-0.05, 0) is 5.41 Å². The molecule has 0 aromatic carbocycles. The molecule has 0 aliphatic rings. The molecule has 8 heteroatoms. The van der Waals surface area contributed by atoms with Gasteiger partial charge < -0.3 is 12.3 Å². The number of hydrogen-bond donors (Lipinski definition) is 0. The summed E-state index contributed by atoms with van der Waals surface area (Å²) in [5, 5.41) is 0. The first-order valence-corrected chi connectivity index (χ1v) is 3.22. The van der Waals surface area contributed by atoms with Crippen molar-refractivity contribution in [2.75, 3.05) is 0 Å². The fourth-order valence-electron chi connectivity index (χ4n) is 0. The summed E-state index contributed by atoms with van der Waals surface area (Å²) in [5.41, 5.74) is -0.0417. The van der Waals surface area contributed by atoms with Gasteiger partial charge in [-0.3, -0.25) is 0 Å². The molecule has 0 saturated carbocycles. The minimum atomic E-state index is -0.0417. The molecule has 0 N–H and O–H groups in total. The van der Waals surface area contributed by atoms with Crippen molar-refractivity contribution in [3.8, 4) is 5.92 Å². The van der Waals surface area contributed by atoms with Crippen LogP contribution in [0, 0.1) is 57.7 Å². The third-order valence-corrected chi connectivity index (χ3v) is 0.375. The minimum absolute atomic E-state index is 0. The van der Waals surface area contributed by atoms with Crippen molar-refractivity contribution in [1.82, 2.24) is 0 Å². The average Bonchev–Trinajstić information content (AvgIpc) is 2.51. The topological polar surface area (TPSA) is 119 Å². The van der Waals surface area contributed by atoms with Gasteiger partial charge in [-0.2, -0.15) is 0 Å². The average molecular weight is 367 g/mol. The van der Waals surface area contributed by atoms with Crippen LogP contribution in [0.4, 0.5) is 0 Å². The normalized spacial score (nSPS) is 3.70. The molecule has 6 nitrogen and oxygen atoms in total. The van der Waals surface area contributed by atoms with Crippen molar-refractivity contribution in [2.24, 2.45) is 5.41 Å². The van der Waals surface area contributed by atoms with Crippen LogP contribution in [-0.4, -0.2) is 0 Å². The molecule has 0 unspecified atom stereocenters. The first-order chi connectivity index (χ1) is 8.56. The van der Waals surface area contributed by atoms with Crippen molar-refractivity contribution in [2.45, 2.75) is 20.8 Å². The van der Waals surface area contributed by atoms with E-state index >= 15 is 0 Å². The molecule has 0 rings (SSSR count). The summed E-state index contributed by atoms with van der Waals surface area (Å²) >= 11 is 0. The standard InChI is InChI=1S/C6H9.6CO.2Co/c1-5-6(2,3)4;6*1-2;;/h2-4H3;;;;;;;;/q-1;;;;;;;;. The van der Waals surface area contributed by atoms with Crippen LogP contribution >= 0.6 is 0 Å². The van der Waals surface area contributed by atoms with Crippen LogP contribution in [0.3, 0.4) is 0 Å². The van der Waals surface area contributed by atoms with Crippen molar-refractivity contribution < 1.29 is 61.5 Å². The second-order valence-electron chi connectivity index (χ2n) is 2.38. The predicted molar refractivity (Wildman–Crippen MR) is 50.2 cm³/mol. The zero-order chi connectivity index (χ0) is 17.2. The Morgan fingerprint density at radius 1 is 0.550 bits per heavy atom. The Balaban J connectivity index is -0.0000000109. The van der Waals surface area contributed by atoms with E-state index in [2.05, 4.69) is 45.8 Å². The van der Waals surface area contributed by atoms with Crippen molar-refractivity contribution >= 4 is 0 Å². The van der Waals surface area contributed by atoms with E-state index in [0.717, 1.165) is 0 Å². The molecule has 0 atom stereocenters. The van der Waals surface area contributed by atoms with E-state index in [-0.39, 0.29) is 39.0 Å². The van der Waals surface area contributed by atoms with Crippen LogP contribution in [0.15, 0.2) is 0 Å². The van der Waals surface area contributed by atoms with Crippen LogP contribution in [0.2, 0.25) is 0 Å². The Hall–Kier alpha value is -0.987. The van der Waals surface area contributed by atoms with E-state index in [9.17, 15) is 0 Å². The van der Waals surface area contributed by atoms with Gasteiger partial charge in [-0.15, -0.1) is 0 Å². The maximum absolute atomic E-state index is 7.50. The van der Waals surface area contributed by atoms with E-state index in [0.29, 0.717) is 0 Å². The molecule has 2 radical (unpaired) electrons. The van der Waals surface area contributed by atoms with Crippen LogP contribution in [0.5, 0.6) is 0 Å². The van der Waals surface area contributed by atoms with E-state index in [1.54, 1.807) is 0 Å². The third-order valence-electron chi connectivity index (χ3n) is 0.375. The summed E-state index contributed by atoms with van der Waals surface area (Å²) in [6.07, 6.45) is 6.60. The maximum atomic E-state index is 7.50. The summed E-state index contributed by atoms with van der Waals surface area (Å²) in [6, 6.07) is 0. The first kappa shape index (κ1) is 61.5. The molecule has 0 spiro atoms. The Labute approximate surface area is 140 Å². The van der Waals surface area contributed by atoms with Gasteiger partial charge in [0.25, 0.3) is 0 Å². The van der Waals surface area contributed by atoms with Gasteiger partial charge in [0.05, 0.1) is 0 Å². The minimum Gasteiger partial charge on any atom is 0 e. The van der Waals surface area contributed by atoms with Gasteiger partial charge in [0, 0.05) is 33.6 Å². The molecule has 0 aromatic heterocycles. The largest absolute Gasteiger partial charge is 0 e. The Morgan fingerprint density at radius 3 is 0.600 bits per heavy atom. The molecule has 0 aromatic rings. The smallest absolute Gasteiger partial charge is 0 e. The molecule has 0 amide bonds. The zero-order valence-corrected chi connectivity index (χ0v) is 12.7. The van der Waals surface area contributed by atoms with Gasteiger partial charge in [0.15, 0.2) is 0 Å².